The maximum atomic E-state index is 3.30. The van der Waals surface area contributed by atoms with Gasteiger partial charge in [-0.05, 0) is 0 Å². The molecule has 0 amide bonds. The summed E-state index contributed by atoms with van der Waals surface area (Å²) in [6.07, 6.45) is 8.28. The Morgan fingerprint density at radius 2 is 1.96 bits per heavy atom. The van der Waals surface area contributed by atoms with Crippen LogP contribution < -0.4 is 30.1 Å². The van der Waals surface area contributed by atoms with Gasteiger partial charge in [0.05, 0.1) is 0 Å². The first-order chi connectivity index (χ1) is 10.7. The van der Waals surface area contributed by atoms with E-state index in [0.717, 1.165) is 3.67 Å². The number of benzene rings is 1. The van der Waals surface area contributed by atoms with Crippen molar-refractivity contribution in [2.75, 3.05) is 0 Å². The van der Waals surface area contributed by atoms with Gasteiger partial charge in [-0.1, -0.05) is 0 Å². The Bertz CT molecular complexity index is 805. The third kappa shape index (κ3) is 3.63. The molecule has 3 aliphatic rings. The molecule has 2 atom stereocenters. The van der Waals surface area contributed by atoms with Crippen molar-refractivity contribution < 1.29 is 47.7 Å². The molecular formula is C19H20Cl2HfNP. The van der Waals surface area contributed by atoms with Crippen LogP contribution in [0.5, 0.6) is 0 Å². The van der Waals surface area contributed by atoms with Gasteiger partial charge in [-0.2, -0.15) is 0 Å². The van der Waals surface area contributed by atoms with Crippen molar-refractivity contribution in [1.29, 1.82) is 0 Å². The maximum Gasteiger partial charge on any atom is -1.00 e. The Hall–Kier alpha value is -0.270. The molecule has 0 saturated carbocycles. The number of nitrogens with one attached hydrogen (secondary N) is 1. The quantitative estimate of drug-likeness (QED) is 0.376. The van der Waals surface area contributed by atoms with Gasteiger partial charge in [0.1, 0.15) is 0 Å². The molecule has 124 valence electrons. The van der Waals surface area contributed by atoms with Gasteiger partial charge in [0.25, 0.3) is 0 Å². The SMILES string of the molecule is CC1=CC[C]([Hf+2][CH]2C([PH]3=CNC=C3)=Cc3ccccc32)=C1C.[Cl-].[Cl-]. The molecule has 1 aromatic carbocycles. The Labute approximate surface area is 168 Å². The molecule has 0 radical (unpaired) electrons. The predicted molar refractivity (Wildman–Crippen MR) is 94.9 cm³/mol. The first-order valence-corrected chi connectivity index (χ1v) is 13.3. The Morgan fingerprint density at radius 1 is 1.17 bits per heavy atom. The topological polar surface area (TPSA) is 12.0 Å². The van der Waals surface area contributed by atoms with Gasteiger partial charge in [-0.15, -0.1) is 0 Å². The van der Waals surface area contributed by atoms with Crippen LogP contribution in [0, 0.1) is 0 Å². The molecule has 0 spiro atoms. The zero-order chi connectivity index (χ0) is 15.1. The van der Waals surface area contributed by atoms with E-state index in [9.17, 15) is 0 Å². The van der Waals surface area contributed by atoms with E-state index in [0.29, 0.717) is 0 Å². The summed E-state index contributed by atoms with van der Waals surface area (Å²) < 4.78 is 2.58. The van der Waals surface area contributed by atoms with E-state index >= 15 is 0 Å². The minimum atomic E-state index is -0.894. The number of hydrogen-bond donors (Lipinski definition) is 1. The first-order valence-electron chi connectivity index (χ1n) is 7.81. The van der Waals surface area contributed by atoms with Crippen molar-refractivity contribution in [3.63, 3.8) is 0 Å². The molecule has 4 rings (SSSR count). The van der Waals surface area contributed by atoms with Gasteiger partial charge in [0, 0.05) is 0 Å². The summed E-state index contributed by atoms with van der Waals surface area (Å²) in [6.45, 7) is 4.61. The molecule has 1 heterocycles. The number of hydrogen-bond acceptors (Lipinski definition) is 1. The van der Waals surface area contributed by atoms with Crippen LogP contribution in [0.1, 0.15) is 35.1 Å². The standard InChI is InChI=1S/C12H11NP.C7H9.2ClH.Hf/c1-2-4-11-8-12(7-10(11)3-1)14-6-5-13-9-14;1-6-4-3-5-7(6)2;;;/h1-9,13-14H;4H,3H2,1-2H3;2*1H;/q;;;;+2/p-2. The molecule has 1 aromatic rings. The van der Waals surface area contributed by atoms with Crippen LogP contribution in [0.25, 0.3) is 6.08 Å². The number of rotatable bonds is 3. The molecular weight excluding hydrogens is 523 g/mol. The van der Waals surface area contributed by atoms with Gasteiger partial charge in [-0.25, -0.2) is 0 Å². The van der Waals surface area contributed by atoms with E-state index in [1.807, 2.05) is 3.33 Å². The van der Waals surface area contributed by atoms with Gasteiger partial charge in [-0.3, -0.25) is 0 Å². The molecule has 0 bridgehead atoms. The zero-order valence-electron chi connectivity index (χ0n) is 13.7. The smallest absolute Gasteiger partial charge is 1.00 e. The normalized spacial score (nSPS) is 23.2. The summed E-state index contributed by atoms with van der Waals surface area (Å²) in [5, 5.41) is 5.03. The summed E-state index contributed by atoms with van der Waals surface area (Å²) in [6, 6.07) is 9.07. The van der Waals surface area contributed by atoms with Crippen LogP contribution in [0.2, 0.25) is 0 Å². The third-order valence-corrected chi connectivity index (χ3v) is 14.6. The summed E-state index contributed by atoms with van der Waals surface area (Å²) >= 11 is -0.894. The molecule has 0 fully saturated rings. The Balaban J connectivity index is 0.00000104. The van der Waals surface area contributed by atoms with E-state index in [1.165, 1.54) is 17.6 Å². The maximum absolute atomic E-state index is 3.30. The zero-order valence-corrected chi connectivity index (χ0v) is 19.8. The molecule has 1 N–H and O–H groups in total. The van der Waals surface area contributed by atoms with Crippen LogP contribution in [0.4, 0.5) is 0 Å². The van der Waals surface area contributed by atoms with E-state index < -0.39 is 30.5 Å². The average Bonchev–Trinajstić information content (AvgIpc) is 3.23. The van der Waals surface area contributed by atoms with E-state index in [4.69, 9.17) is 0 Å². The first kappa shape index (κ1) is 20.0. The fourth-order valence-electron chi connectivity index (χ4n) is 3.37. The van der Waals surface area contributed by atoms with E-state index in [-0.39, 0.29) is 24.8 Å². The second kappa shape index (κ2) is 8.41. The monoisotopic (exact) mass is 543 g/mol. The molecule has 1 aliphatic heterocycles. The minimum Gasteiger partial charge on any atom is -1.00 e. The van der Waals surface area contributed by atoms with Crippen LogP contribution in [0.15, 0.2) is 62.1 Å². The largest absolute Gasteiger partial charge is 1.00 e. The second-order valence-electron chi connectivity index (χ2n) is 6.10. The van der Waals surface area contributed by atoms with E-state index in [1.54, 1.807) is 16.5 Å². The average molecular weight is 543 g/mol. The fraction of sp³-hybridized carbons (Fsp3) is 0.211. The molecule has 0 saturated heterocycles. The van der Waals surface area contributed by atoms with Crippen molar-refractivity contribution in [2.24, 2.45) is 0 Å². The summed E-state index contributed by atoms with van der Waals surface area (Å²) in [5.41, 5.74) is 6.20. The Morgan fingerprint density at radius 3 is 2.62 bits per heavy atom. The molecule has 24 heavy (non-hydrogen) atoms. The number of fused-ring (bicyclic) bond motifs is 1. The Kier molecular flexibility index (Phi) is 7.02. The summed E-state index contributed by atoms with van der Waals surface area (Å²) in [5.74, 6) is 4.73. The summed E-state index contributed by atoms with van der Waals surface area (Å²) in [4.78, 5) is 0. The third-order valence-electron chi connectivity index (χ3n) is 4.84. The number of allylic oxidation sites excluding steroid dienone is 5. The van der Waals surface area contributed by atoms with Crippen LogP contribution >= 0.6 is 7.55 Å². The van der Waals surface area contributed by atoms with Gasteiger partial charge < -0.3 is 24.8 Å². The van der Waals surface area contributed by atoms with Gasteiger partial charge >= 0.3 is 145 Å². The molecule has 1 nitrogen and oxygen atoms in total. The van der Waals surface area contributed by atoms with Crippen molar-refractivity contribution in [3.05, 3.63) is 73.3 Å². The van der Waals surface area contributed by atoms with Gasteiger partial charge in [0.2, 0.25) is 0 Å². The van der Waals surface area contributed by atoms with Crippen LogP contribution in [-0.4, -0.2) is 5.92 Å². The number of halogens is 2. The van der Waals surface area contributed by atoms with Gasteiger partial charge in [0.15, 0.2) is 0 Å². The molecule has 2 aliphatic carbocycles. The fourth-order valence-corrected chi connectivity index (χ4v) is 13.5. The second-order valence-corrected chi connectivity index (χ2v) is 13.5. The molecule has 2 unspecified atom stereocenters. The summed E-state index contributed by atoms with van der Waals surface area (Å²) in [7, 11) is -0.622. The molecule has 0 aromatic heterocycles. The molecule has 5 heteroatoms. The van der Waals surface area contributed by atoms with E-state index in [2.05, 4.69) is 73.5 Å². The predicted octanol–water partition coefficient (Wildman–Crippen LogP) is -1.15. The van der Waals surface area contributed by atoms with Crippen molar-refractivity contribution in [1.82, 2.24) is 5.32 Å². The van der Waals surface area contributed by atoms with Crippen molar-refractivity contribution in [2.45, 2.75) is 23.9 Å². The van der Waals surface area contributed by atoms with Crippen molar-refractivity contribution >= 4 is 19.5 Å². The van der Waals surface area contributed by atoms with Crippen LogP contribution in [0.3, 0.4) is 0 Å². The van der Waals surface area contributed by atoms with Crippen molar-refractivity contribution in [3.8, 4) is 0 Å². The minimum absolute atomic E-state index is 0. The van der Waals surface area contributed by atoms with Crippen LogP contribution in [-0.2, 0) is 22.9 Å².